The number of piperidine rings is 1. The second kappa shape index (κ2) is 6.81. The molecule has 2 aliphatic rings. The molecule has 0 atom stereocenters. The monoisotopic (exact) mass is 357 g/mol. The molecule has 0 saturated carbocycles. The highest BCUT2D eigenvalue weighted by Gasteiger charge is 2.43. The van der Waals surface area contributed by atoms with Crippen LogP contribution in [-0.2, 0) is 28.0 Å². The largest absolute Gasteiger partial charge is 0.496 e. The predicted octanol–water partition coefficient (Wildman–Crippen LogP) is 3.39. The molecule has 0 radical (unpaired) electrons. The third-order valence-corrected chi connectivity index (χ3v) is 6.13. The summed E-state index contributed by atoms with van der Waals surface area (Å²) < 4.78 is 11.9. The van der Waals surface area contributed by atoms with Crippen molar-refractivity contribution in [2.75, 3.05) is 26.8 Å². The highest BCUT2D eigenvalue weighted by atomic mass is 32.1. The summed E-state index contributed by atoms with van der Waals surface area (Å²) in [5.41, 5.74) is 3.33. The molecule has 132 valence electrons. The zero-order valence-electron chi connectivity index (χ0n) is 14.5. The molecule has 25 heavy (non-hydrogen) atoms. The Labute approximate surface area is 152 Å². The number of benzene rings is 1. The molecule has 1 aromatic carbocycles. The van der Waals surface area contributed by atoms with Crippen LogP contribution in [0.2, 0.25) is 0 Å². The number of carbonyl (C=O) groups excluding carboxylic acids is 1. The van der Waals surface area contributed by atoms with Gasteiger partial charge >= 0.3 is 0 Å². The smallest absolute Gasteiger partial charge is 0.227 e. The van der Waals surface area contributed by atoms with Crippen molar-refractivity contribution in [2.24, 2.45) is 0 Å². The van der Waals surface area contributed by atoms with Gasteiger partial charge in [-0.15, -0.1) is 0 Å². The Morgan fingerprint density at radius 1 is 1.32 bits per heavy atom. The van der Waals surface area contributed by atoms with Gasteiger partial charge in [-0.25, -0.2) is 0 Å². The lowest BCUT2D eigenvalue weighted by atomic mass is 9.78. The van der Waals surface area contributed by atoms with Crippen LogP contribution in [0.15, 0.2) is 35.0 Å². The molecule has 4 rings (SSSR count). The van der Waals surface area contributed by atoms with E-state index in [4.69, 9.17) is 9.47 Å². The van der Waals surface area contributed by atoms with Gasteiger partial charge in [-0.3, -0.25) is 4.79 Å². The van der Waals surface area contributed by atoms with E-state index < -0.39 is 0 Å². The fourth-order valence-corrected chi connectivity index (χ4v) is 4.76. The molecule has 1 saturated heterocycles. The molecule has 0 bridgehead atoms. The number of hydrogen-bond donors (Lipinski definition) is 0. The summed E-state index contributed by atoms with van der Waals surface area (Å²) in [6, 6.07) is 8.27. The molecule has 0 aliphatic carbocycles. The van der Waals surface area contributed by atoms with Crippen LogP contribution in [-0.4, -0.2) is 37.6 Å². The van der Waals surface area contributed by atoms with Crippen LogP contribution in [0, 0.1) is 0 Å². The van der Waals surface area contributed by atoms with Gasteiger partial charge in [0.1, 0.15) is 11.4 Å². The number of likely N-dealkylation sites (tertiary alicyclic amines) is 1. The topological polar surface area (TPSA) is 38.8 Å². The summed E-state index contributed by atoms with van der Waals surface area (Å²) in [6.07, 6.45) is 3.08. The van der Waals surface area contributed by atoms with Gasteiger partial charge < -0.3 is 14.4 Å². The van der Waals surface area contributed by atoms with E-state index in [2.05, 4.69) is 17.5 Å². The number of hydrogen-bond acceptors (Lipinski definition) is 4. The number of ether oxygens (including phenoxy) is 2. The van der Waals surface area contributed by atoms with Crippen LogP contribution in [0.5, 0.6) is 5.75 Å². The number of rotatable bonds is 3. The first kappa shape index (κ1) is 16.6. The average Bonchev–Trinajstić information content (AvgIpc) is 3.15. The van der Waals surface area contributed by atoms with Crippen LogP contribution >= 0.6 is 11.3 Å². The predicted molar refractivity (Wildman–Crippen MR) is 98.2 cm³/mol. The maximum Gasteiger partial charge on any atom is 0.227 e. The zero-order chi connectivity index (χ0) is 17.3. The van der Waals surface area contributed by atoms with Gasteiger partial charge in [0.15, 0.2) is 0 Å². The van der Waals surface area contributed by atoms with Crippen molar-refractivity contribution < 1.29 is 14.3 Å². The Morgan fingerprint density at radius 3 is 2.88 bits per heavy atom. The van der Waals surface area contributed by atoms with Crippen molar-refractivity contribution in [3.05, 3.63) is 51.7 Å². The maximum absolute atomic E-state index is 12.6. The van der Waals surface area contributed by atoms with E-state index in [0.29, 0.717) is 6.42 Å². The summed E-state index contributed by atoms with van der Waals surface area (Å²) in [7, 11) is 1.72. The molecule has 1 fully saturated rings. The summed E-state index contributed by atoms with van der Waals surface area (Å²) in [6.45, 7) is 2.21. The first-order valence-electron chi connectivity index (χ1n) is 8.81. The number of fused-ring (bicyclic) bond motifs is 2. The van der Waals surface area contributed by atoms with E-state index in [1.807, 2.05) is 22.4 Å². The average molecular weight is 357 g/mol. The molecule has 1 aromatic heterocycles. The van der Waals surface area contributed by atoms with Gasteiger partial charge in [0.25, 0.3) is 0 Å². The molecule has 4 nitrogen and oxygen atoms in total. The minimum absolute atomic E-state index is 0.212. The van der Waals surface area contributed by atoms with E-state index in [0.717, 1.165) is 50.3 Å². The third-order valence-electron chi connectivity index (χ3n) is 5.40. The maximum atomic E-state index is 12.6. The van der Waals surface area contributed by atoms with Gasteiger partial charge in [0.2, 0.25) is 5.91 Å². The lowest BCUT2D eigenvalue weighted by Crippen LogP contribution is -2.48. The minimum Gasteiger partial charge on any atom is -0.496 e. The van der Waals surface area contributed by atoms with Crippen molar-refractivity contribution in [3.63, 3.8) is 0 Å². The number of thiophene rings is 1. The first-order chi connectivity index (χ1) is 12.2. The molecule has 1 spiro atoms. The van der Waals surface area contributed by atoms with Gasteiger partial charge in [-0.05, 0) is 53.3 Å². The van der Waals surface area contributed by atoms with Crippen molar-refractivity contribution >= 4 is 17.2 Å². The number of methoxy groups -OCH3 is 1. The molecule has 2 aromatic rings. The number of nitrogens with zero attached hydrogens (tertiary/aromatic N) is 1. The first-order valence-corrected chi connectivity index (χ1v) is 9.75. The van der Waals surface area contributed by atoms with Crippen molar-refractivity contribution in [1.82, 2.24) is 4.90 Å². The van der Waals surface area contributed by atoms with E-state index in [1.165, 1.54) is 11.1 Å². The molecule has 3 heterocycles. The molecule has 1 amide bonds. The van der Waals surface area contributed by atoms with Crippen molar-refractivity contribution in [2.45, 2.75) is 31.3 Å². The normalized spacial score (nSPS) is 18.8. The second-order valence-electron chi connectivity index (χ2n) is 6.78. The summed E-state index contributed by atoms with van der Waals surface area (Å²) in [5, 5.41) is 4.07. The minimum atomic E-state index is -0.306. The lowest BCUT2D eigenvalue weighted by molar-refractivity contribution is -0.140. The van der Waals surface area contributed by atoms with E-state index in [-0.39, 0.29) is 11.5 Å². The molecular formula is C20H23NO3S. The highest BCUT2D eigenvalue weighted by molar-refractivity contribution is 7.08. The fourth-order valence-electron chi connectivity index (χ4n) is 4.09. The summed E-state index contributed by atoms with van der Waals surface area (Å²) >= 11 is 1.64. The van der Waals surface area contributed by atoms with Gasteiger partial charge in [0.05, 0.1) is 20.1 Å². The number of carbonyl (C=O) groups is 1. The number of amides is 1. The molecule has 0 N–H and O–H groups in total. The Hall–Kier alpha value is -1.85. The van der Waals surface area contributed by atoms with E-state index >= 15 is 0 Å². The Morgan fingerprint density at radius 2 is 2.16 bits per heavy atom. The van der Waals surface area contributed by atoms with Gasteiger partial charge in [-0.2, -0.15) is 11.3 Å². The van der Waals surface area contributed by atoms with Gasteiger partial charge in [0, 0.05) is 18.7 Å². The van der Waals surface area contributed by atoms with Crippen LogP contribution in [0.25, 0.3) is 0 Å². The fraction of sp³-hybridized carbons (Fsp3) is 0.450. The van der Waals surface area contributed by atoms with Gasteiger partial charge in [-0.1, -0.05) is 12.1 Å². The zero-order valence-corrected chi connectivity index (χ0v) is 15.3. The van der Waals surface area contributed by atoms with Crippen LogP contribution in [0.3, 0.4) is 0 Å². The van der Waals surface area contributed by atoms with E-state index in [9.17, 15) is 4.79 Å². The third kappa shape index (κ3) is 3.07. The lowest BCUT2D eigenvalue weighted by Gasteiger charge is -2.45. The summed E-state index contributed by atoms with van der Waals surface area (Å²) in [5.74, 6) is 1.12. The summed E-state index contributed by atoms with van der Waals surface area (Å²) in [4.78, 5) is 14.6. The standard InChI is InChI=1S/C20H23NO3S/c1-23-17-4-2-3-16-5-11-24-20(19(16)17)7-9-21(10-8-20)18(22)13-15-6-12-25-14-15/h2-4,6,12,14H,5,7-11,13H2,1H3. The Balaban J connectivity index is 1.51. The molecular weight excluding hydrogens is 334 g/mol. The Bertz CT molecular complexity index is 734. The molecule has 2 aliphatic heterocycles. The van der Waals surface area contributed by atoms with Crippen molar-refractivity contribution in [3.8, 4) is 5.75 Å². The van der Waals surface area contributed by atoms with Crippen LogP contribution < -0.4 is 4.74 Å². The van der Waals surface area contributed by atoms with E-state index in [1.54, 1.807) is 18.4 Å². The Kier molecular flexibility index (Phi) is 4.52. The molecule has 5 heteroatoms. The van der Waals surface area contributed by atoms with Crippen LogP contribution in [0.1, 0.15) is 29.5 Å². The SMILES string of the molecule is COc1cccc2c1C1(CCN(C(=O)Cc3ccsc3)CC1)OCC2. The highest BCUT2D eigenvalue weighted by Crippen LogP contribution is 2.45. The van der Waals surface area contributed by atoms with Crippen molar-refractivity contribution in [1.29, 1.82) is 0 Å². The van der Waals surface area contributed by atoms with Crippen LogP contribution in [0.4, 0.5) is 0 Å². The quantitative estimate of drug-likeness (QED) is 0.845. The second-order valence-corrected chi connectivity index (χ2v) is 7.56. The molecule has 0 unspecified atom stereocenters.